The molecule has 25 heavy (non-hydrogen) atoms. The fourth-order valence-corrected chi connectivity index (χ4v) is 5.30. The van der Waals surface area contributed by atoms with E-state index in [1.807, 2.05) is 0 Å². The Morgan fingerprint density at radius 3 is 2.16 bits per heavy atom. The summed E-state index contributed by atoms with van der Waals surface area (Å²) in [5, 5.41) is 10.4. The number of epoxide rings is 1. The summed E-state index contributed by atoms with van der Waals surface area (Å²) in [6.45, 7) is 19.1. The Hall–Kier alpha value is -0.206. The highest BCUT2D eigenvalue weighted by molar-refractivity contribution is 6.78. The molecule has 1 aliphatic heterocycles. The summed E-state index contributed by atoms with van der Waals surface area (Å²) in [5.41, 5.74) is 0.330. The third-order valence-electron chi connectivity index (χ3n) is 5.29. The van der Waals surface area contributed by atoms with Crippen molar-refractivity contribution >= 4 is 16.4 Å². The first-order valence-electron chi connectivity index (χ1n) is 9.64. The van der Waals surface area contributed by atoms with Gasteiger partial charge < -0.3 is 14.3 Å². The highest BCUT2D eigenvalue weighted by atomic mass is 28.4. The number of ether oxygens (including phenoxy) is 1. The van der Waals surface area contributed by atoms with Gasteiger partial charge in [0.1, 0.15) is 6.10 Å². The topological polar surface area (TPSA) is 42.0 Å². The molecule has 0 aromatic heterocycles. The van der Waals surface area contributed by atoms with Crippen molar-refractivity contribution in [3.63, 3.8) is 0 Å². The van der Waals surface area contributed by atoms with Crippen molar-refractivity contribution < 1.29 is 14.3 Å². The van der Waals surface area contributed by atoms with Crippen molar-refractivity contribution in [3.05, 3.63) is 24.3 Å². The molecule has 0 unspecified atom stereocenters. The summed E-state index contributed by atoms with van der Waals surface area (Å²) in [6, 6.07) is 0. The summed E-state index contributed by atoms with van der Waals surface area (Å²) >= 11 is 0. The molecular formula is C20H40O3Si2. The largest absolute Gasteiger partial charge is 0.417 e. The number of rotatable bonds is 10. The van der Waals surface area contributed by atoms with Crippen LogP contribution in [0.5, 0.6) is 0 Å². The van der Waals surface area contributed by atoms with Crippen LogP contribution in [0.15, 0.2) is 24.3 Å². The molecule has 1 rings (SSSR count). The van der Waals surface area contributed by atoms with Crippen molar-refractivity contribution in [1.82, 2.24) is 0 Å². The summed E-state index contributed by atoms with van der Waals surface area (Å²) in [6.07, 6.45) is 10.9. The maximum Gasteiger partial charge on any atom is 0.191 e. The van der Waals surface area contributed by atoms with Gasteiger partial charge in [0.2, 0.25) is 0 Å². The number of hydrogen-bond acceptors (Lipinski definition) is 3. The molecule has 1 saturated heterocycles. The van der Waals surface area contributed by atoms with Crippen LogP contribution < -0.4 is 0 Å². The minimum Gasteiger partial charge on any atom is -0.417 e. The van der Waals surface area contributed by atoms with Crippen LogP contribution in [-0.4, -0.2) is 46.0 Å². The predicted octanol–water partition coefficient (Wildman–Crippen LogP) is 5.30. The molecule has 0 radical (unpaired) electrons. The number of aliphatic hydroxyl groups is 1. The number of allylic oxidation sites excluding steroid dienone is 2. The molecule has 0 bridgehead atoms. The average Bonchev–Trinajstić information content (AvgIpc) is 3.24. The molecule has 0 spiro atoms. The molecule has 0 amide bonds. The molecule has 0 aromatic carbocycles. The molecular weight excluding hydrogens is 344 g/mol. The normalized spacial score (nSPS) is 23.6. The van der Waals surface area contributed by atoms with Crippen molar-refractivity contribution in [3.8, 4) is 0 Å². The van der Waals surface area contributed by atoms with Gasteiger partial charge in [0, 0.05) is 6.61 Å². The van der Waals surface area contributed by atoms with Gasteiger partial charge in [-0.3, -0.25) is 0 Å². The van der Waals surface area contributed by atoms with Crippen LogP contribution in [0.3, 0.4) is 0 Å². The number of hydrogen-bond donors (Lipinski definition) is 1. The van der Waals surface area contributed by atoms with Crippen LogP contribution in [0.1, 0.15) is 40.0 Å². The van der Waals surface area contributed by atoms with Crippen LogP contribution in [-0.2, 0) is 9.16 Å². The molecule has 3 nitrogen and oxygen atoms in total. The van der Waals surface area contributed by atoms with Gasteiger partial charge in [-0.2, -0.15) is 0 Å². The minimum absolute atomic E-state index is 0.0688. The average molecular weight is 385 g/mol. The van der Waals surface area contributed by atoms with Crippen LogP contribution in [0.25, 0.3) is 0 Å². The van der Waals surface area contributed by atoms with E-state index in [1.165, 1.54) is 0 Å². The maximum atomic E-state index is 10.2. The van der Waals surface area contributed by atoms with E-state index in [0.29, 0.717) is 12.1 Å². The summed E-state index contributed by atoms with van der Waals surface area (Å²) < 4.78 is 11.8. The van der Waals surface area contributed by atoms with Crippen molar-refractivity contribution in [2.45, 2.75) is 95.7 Å². The fraction of sp³-hybridized carbons (Fsp3) is 0.800. The smallest absolute Gasteiger partial charge is 0.191 e. The van der Waals surface area contributed by atoms with Crippen molar-refractivity contribution in [1.29, 1.82) is 0 Å². The maximum absolute atomic E-state index is 10.2. The SMILES string of the molecule is CC(C)(C)[Si](C)(C)OCC/C=C\C/C=C\C[C@@H](O)[C@H]1O[C@@H]1[Si](C)(C)C. The molecule has 1 N–H and O–H groups in total. The van der Waals surface area contributed by atoms with Crippen molar-refractivity contribution in [2.75, 3.05) is 6.61 Å². The van der Waals surface area contributed by atoms with E-state index in [-0.39, 0.29) is 17.2 Å². The number of aliphatic hydroxyl groups excluding tert-OH is 1. The van der Waals surface area contributed by atoms with E-state index in [2.05, 4.69) is 77.8 Å². The summed E-state index contributed by atoms with van der Waals surface area (Å²) in [7, 11) is -2.88. The van der Waals surface area contributed by atoms with E-state index < -0.39 is 16.4 Å². The van der Waals surface area contributed by atoms with E-state index in [4.69, 9.17) is 9.16 Å². The second-order valence-corrected chi connectivity index (χ2v) is 19.9. The first-order valence-corrected chi connectivity index (χ1v) is 16.1. The zero-order chi connectivity index (χ0) is 19.3. The molecule has 1 heterocycles. The first-order chi connectivity index (χ1) is 11.4. The lowest BCUT2D eigenvalue weighted by Crippen LogP contribution is -2.40. The Balaban J connectivity index is 2.13. The van der Waals surface area contributed by atoms with Crippen LogP contribution >= 0.6 is 0 Å². The van der Waals surface area contributed by atoms with Crippen LogP contribution in [0.2, 0.25) is 37.8 Å². The second kappa shape index (κ2) is 9.13. The monoisotopic (exact) mass is 384 g/mol. The van der Waals surface area contributed by atoms with Gasteiger partial charge in [-0.1, -0.05) is 64.7 Å². The molecule has 1 fully saturated rings. The third-order valence-corrected chi connectivity index (χ3v) is 12.0. The quantitative estimate of drug-likeness (QED) is 0.241. The minimum atomic E-state index is -1.61. The van der Waals surface area contributed by atoms with E-state index in [9.17, 15) is 5.11 Å². The lowest BCUT2D eigenvalue weighted by atomic mass is 10.2. The van der Waals surface area contributed by atoms with E-state index in [1.54, 1.807) is 0 Å². The molecule has 5 heteroatoms. The molecule has 146 valence electrons. The molecule has 0 aromatic rings. The van der Waals surface area contributed by atoms with Gasteiger partial charge in [-0.05, 0) is 37.4 Å². The molecule has 0 saturated carbocycles. The van der Waals surface area contributed by atoms with Gasteiger partial charge in [-0.15, -0.1) is 0 Å². The summed E-state index contributed by atoms with van der Waals surface area (Å²) in [4.78, 5) is 0. The van der Waals surface area contributed by atoms with Gasteiger partial charge in [0.05, 0.1) is 19.9 Å². The Labute approximate surface area is 157 Å². The van der Waals surface area contributed by atoms with Gasteiger partial charge in [-0.25, -0.2) is 0 Å². The summed E-state index contributed by atoms with van der Waals surface area (Å²) in [5.74, 6) is 0. The Morgan fingerprint density at radius 1 is 1.04 bits per heavy atom. The Kier molecular flexibility index (Phi) is 8.34. The standard InChI is InChI=1S/C20H40O3Si2/c1-20(2,3)25(7,8)22-16-14-12-10-9-11-13-15-17(21)18-19(23-18)24(4,5)6/h10-13,17-19,21H,9,14-16H2,1-8H3/b12-10-,13-11-/t17-,18-,19-/m1/s1. The van der Waals surface area contributed by atoms with E-state index in [0.717, 1.165) is 19.4 Å². The van der Waals surface area contributed by atoms with E-state index >= 15 is 0 Å². The van der Waals surface area contributed by atoms with Crippen LogP contribution in [0, 0.1) is 0 Å². The lowest BCUT2D eigenvalue weighted by molar-refractivity contribution is 0.138. The van der Waals surface area contributed by atoms with Crippen LogP contribution in [0.4, 0.5) is 0 Å². The van der Waals surface area contributed by atoms with Gasteiger partial charge in [0.25, 0.3) is 0 Å². The second-order valence-electron chi connectivity index (χ2n) is 9.77. The molecule has 3 atom stereocenters. The zero-order valence-electron chi connectivity index (χ0n) is 17.6. The Morgan fingerprint density at radius 2 is 1.64 bits per heavy atom. The molecule has 0 aliphatic carbocycles. The lowest BCUT2D eigenvalue weighted by Gasteiger charge is -2.36. The van der Waals surface area contributed by atoms with Gasteiger partial charge >= 0.3 is 0 Å². The third kappa shape index (κ3) is 7.91. The highest BCUT2D eigenvalue weighted by Crippen LogP contribution is 2.36. The zero-order valence-corrected chi connectivity index (χ0v) is 19.6. The molecule has 1 aliphatic rings. The Bertz CT molecular complexity index is 459. The highest BCUT2D eigenvalue weighted by Gasteiger charge is 2.51. The van der Waals surface area contributed by atoms with Gasteiger partial charge in [0.15, 0.2) is 8.32 Å². The first kappa shape index (κ1) is 22.8. The predicted molar refractivity (Wildman–Crippen MR) is 113 cm³/mol. The van der Waals surface area contributed by atoms with Crippen molar-refractivity contribution in [2.24, 2.45) is 0 Å². The fourth-order valence-electron chi connectivity index (χ4n) is 2.47.